The maximum absolute atomic E-state index is 12.5. The summed E-state index contributed by atoms with van der Waals surface area (Å²) in [5.41, 5.74) is -1.63. The van der Waals surface area contributed by atoms with Crippen LogP contribution in [0.3, 0.4) is 0 Å². The molecule has 0 aliphatic heterocycles. The number of hydrogen-bond acceptors (Lipinski definition) is 4. The van der Waals surface area contributed by atoms with Crippen LogP contribution in [0.1, 0.15) is 17.8 Å². The van der Waals surface area contributed by atoms with E-state index in [-0.39, 0.29) is 16.6 Å². The predicted molar refractivity (Wildman–Crippen MR) is 52.9 cm³/mol. The van der Waals surface area contributed by atoms with E-state index in [1.807, 2.05) is 0 Å². The number of nitro groups is 1. The number of aromatic nitrogens is 1. The van der Waals surface area contributed by atoms with E-state index in [2.05, 4.69) is 20.9 Å². The molecular formula is C8H4BrF2N3O2. The van der Waals surface area contributed by atoms with Crippen molar-refractivity contribution in [3.05, 3.63) is 32.0 Å². The first-order valence-corrected chi connectivity index (χ1v) is 4.75. The second-order valence-corrected chi connectivity index (χ2v) is 3.58. The molecule has 0 aliphatic rings. The van der Waals surface area contributed by atoms with Crippen molar-refractivity contribution in [1.29, 1.82) is 5.26 Å². The van der Waals surface area contributed by atoms with Crippen molar-refractivity contribution in [3.8, 4) is 6.07 Å². The Morgan fingerprint density at radius 2 is 2.31 bits per heavy atom. The average Bonchev–Trinajstić information content (AvgIpc) is 2.16. The minimum absolute atomic E-state index is 0.0651. The van der Waals surface area contributed by atoms with Gasteiger partial charge in [-0.05, 0) is 22.0 Å². The standard InChI is InChI=1S/C8H4BrF2N3O2/c9-5-3-4(1-2-12)13-6(8(10)11)7(5)14(15)16/h3,8H,1H2. The Kier molecular flexibility index (Phi) is 3.84. The zero-order valence-electron chi connectivity index (χ0n) is 7.65. The van der Waals surface area contributed by atoms with Crippen molar-refractivity contribution in [3.63, 3.8) is 0 Å². The summed E-state index contributed by atoms with van der Waals surface area (Å²) in [5, 5.41) is 18.9. The molecule has 0 radical (unpaired) electrons. The molecule has 1 aromatic rings. The van der Waals surface area contributed by atoms with Gasteiger partial charge in [-0.2, -0.15) is 5.26 Å². The molecule has 0 atom stereocenters. The Balaban J connectivity index is 3.40. The number of rotatable bonds is 3. The lowest BCUT2D eigenvalue weighted by Gasteiger charge is -2.04. The smallest absolute Gasteiger partial charge is 0.258 e. The molecule has 8 heteroatoms. The third kappa shape index (κ3) is 2.49. The summed E-state index contributed by atoms with van der Waals surface area (Å²) in [5.74, 6) is 0. The van der Waals surface area contributed by atoms with E-state index in [0.717, 1.165) is 0 Å². The number of hydrogen-bond donors (Lipinski definition) is 0. The van der Waals surface area contributed by atoms with Crippen molar-refractivity contribution < 1.29 is 13.7 Å². The van der Waals surface area contributed by atoms with Crippen LogP contribution in [-0.4, -0.2) is 9.91 Å². The van der Waals surface area contributed by atoms with Crippen molar-refractivity contribution in [2.45, 2.75) is 12.8 Å². The van der Waals surface area contributed by atoms with Crippen LogP contribution < -0.4 is 0 Å². The summed E-state index contributed by atoms with van der Waals surface area (Å²) in [7, 11) is 0. The fraction of sp³-hybridized carbons (Fsp3) is 0.250. The Hall–Kier alpha value is -1.62. The zero-order chi connectivity index (χ0) is 12.3. The van der Waals surface area contributed by atoms with Gasteiger partial charge >= 0.3 is 5.69 Å². The minimum atomic E-state index is -3.06. The number of alkyl halides is 2. The topological polar surface area (TPSA) is 79.8 Å². The SMILES string of the molecule is N#CCc1cc(Br)c([N+](=O)[O-])c(C(F)F)n1. The summed E-state index contributed by atoms with van der Waals surface area (Å²) in [6.45, 7) is 0. The highest BCUT2D eigenvalue weighted by Crippen LogP contribution is 2.34. The number of pyridine rings is 1. The molecule has 0 spiro atoms. The lowest BCUT2D eigenvalue weighted by Crippen LogP contribution is -2.03. The first-order valence-electron chi connectivity index (χ1n) is 3.96. The van der Waals surface area contributed by atoms with Gasteiger partial charge in [0.2, 0.25) is 0 Å². The van der Waals surface area contributed by atoms with Gasteiger partial charge < -0.3 is 0 Å². The first kappa shape index (κ1) is 12.4. The molecule has 0 fully saturated rings. The Labute approximate surface area is 97.0 Å². The maximum Gasteiger partial charge on any atom is 0.310 e. The second kappa shape index (κ2) is 4.94. The van der Waals surface area contributed by atoms with Gasteiger partial charge in [0.1, 0.15) is 0 Å². The molecule has 1 aromatic heterocycles. The summed E-state index contributed by atoms with van der Waals surface area (Å²) >= 11 is 2.81. The van der Waals surface area contributed by atoms with Gasteiger partial charge in [-0.3, -0.25) is 10.1 Å². The number of nitrogens with zero attached hydrogens (tertiary/aromatic N) is 3. The Morgan fingerprint density at radius 3 is 2.75 bits per heavy atom. The van der Waals surface area contributed by atoms with Crippen LogP contribution in [0.15, 0.2) is 10.5 Å². The molecule has 0 unspecified atom stereocenters. The monoisotopic (exact) mass is 291 g/mol. The van der Waals surface area contributed by atoms with E-state index in [1.165, 1.54) is 6.07 Å². The van der Waals surface area contributed by atoms with Crippen LogP contribution in [0, 0.1) is 21.4 Å². The van der Waals surface area contributed by atoms with Crippen molar-refractivity contribution >= 4 is 21.6 Å². The molecule has 0 aliphatic carbocycles. The summed E-state index contributed by atoms with van der Waals surface area (Å²) < 4.78 is 24.9. The fourth-order valence-electron chi connectivity index (χ4n) is 1.08. The van der Waals surface area contributed by atoms with Crippen molar-refractivity contribution in [2.24, 2.45) is 0 Å². The van der Waals surface area contributed by atoms with Crippen LogP contribution in [0.4, 0.5) is 14.5 Å². The summed E-state index contributed by atoms with van der Waals surface area (Å²) in [6, 6.07) is 2.92. The highest BCUT2D eigenvalue weighted by Gasteiger charge is 2.27. The average molecular weight is 292 g/mol. The van der Waals surface area contributed by atoms with Crippen molar-refractivity contribution in [2.75, 3.05) is 0 Å². The van der Waals surface area contributed by atoms with Crippen LogP contribution in [0.5, 0.6) is 0 Å². The molecule has 16 heavy (non-hydrogen) atoms. The van der Waals surface area contributed by atoms with Gasteiger partial charge in [0.15, 0.2) is 5.69 Å². The molecule has 0 bridgehead atoms. The van der Waals surface area contributed by atoms with E-state index >= 15 is 0 Å². The van der Waals surface area contributed by atoms with Gasteiger partial charge in [-0.25, -0.2) is 13.8 Å². The molecule has 5 nitrogen and oxygen atoms in total. The molecule has 0 amide bonds. The van der Waals surface area contributed by atoms with E-state index in [0.29, 0.717) is 0 Å². The molecule has 0 saturated heterocycles. The lowest BCUT2D eigenvalue weighted by molar-refractivity contribution is -0.387. The minimum Gasteiger partial charge on any atom is -0.258 e. The Bertz CT molecular complexity index is 473. The summed E-state index contributed by atoms with van der Waals surface area (Å²) in [6.07, 6.45) is -3.24. The predicted octanol–water partition coefficient (Wildman–Crippen LogP) is 2.76. The third-order valence-corrected chi connectivity index (χ3v) is 2.28. The number of halogens is 3. The summed E-state index contributed by atoms with van der Waals surface area (Å²) in [4.78, 5) is 13.0. The van der Waals surface area contributed by atoms with E-state index in [4.69, 9.17) is 5.26 Å². The molecular weight excluding hydrogens is 288 g/mol. The van der Waals surface area contributed by atoms with Gasteiger partial charge in [0, 0.05) is 0 Å². The van der Waals surface area contributed by atoms with E-state index in [1.54, 1.807) is 6.07 Å². The highest BCUT2D eigenvalue weighted by atomic mass is 79.9. The van der Waals surface area contributed by atoms with Crippen molar-refractivity contribution in [1.82, 2.24) is 4.98 Å². The molecule has 0 aromatic carbocycles. The fourth-order valence-corrected chi connectivity index (χ4v) is 1.69. The molecule has 0 saturated carbocycles. The maximum atomic E-state index is 12.5. The second-order valence-electron chi connectivity index (χ2n) is 2.72. The normalized spacial score (nSPS) is 10.2. The first-order chi connectivity index (χ1) is 7.47. The molecule has 1 rings (SSSR count). The van der Waals surface area contributed by atoms with Crippen LogP contribution >= 0.6 is 15.9 Å². The molecule has 0 N–H and O–H groups in total. The van der Waals surface area contributed by atoms with Crippen LogP contribution in [0.25, 0.3) is 0 Å². The quantitative estimate of drug-likeness (QED) is 0.633. The molecule has 84 valence electrons. The largest absolute Gasteiger partial charge is 0.310 e. The lowest BCUT2D eigenvalue weighted by atomic mass is 10.2. The Morgan fingerprint density at radius 1 is 1.69 bits per heavy atom. The van der Waals surface area contributed by atoms with Gasteiger partial charge in [-0.1, -0.05) is 0 Å². The third-order valence-electron chi connectivity index (χ3n) is 1.68. The zero-order valence-corrected chi connectivity index (χ0v) is 9.24. The van der Waals surface area contributed by atoms with Gasteiger partial charge in [0.05, 0.1) is 27.6 Å². The van der Waals surface area contributed by atoms with E-state index in [9.17, 15) is 18.9 Å². The highest BCUT2D eigenvalue weighted by molar-refractivity contribution is 9.10. The molecule has 1 heterocycles. The number of nitriles is 1. The van der Waals surface area contributed by atoms with Crippen LogP contribution in [-0.2, 0) is 6.42 Å². The van der Waals surface area contributed by atoms with Gasteiger partial charge in [0.25, 0.3) is 6.43 Å². The van der Waals surface area contributed by atoms with Gasteiger partial charge in [-0.15, -0.1) is 0 Å². The van der Waals surface area contributed by atoms with Crippen LogP contribution in [0.2, 0.25) is 0 Å². The van der Waals surface area contributed by atoms with E-state index < -0.39 is 22.7 Å².